The topological polar surface area (TPSA) is 73.6 Å². The van der Waals surface area contributed by atoms with Crippen LogP contribution in [0, 0.1) is 11.3 Å². The van der Waals surface area contributed by atoms with Gasteiger partial charge in [0.2, 0.25) is 5.91 Å². The first-order valence-corrected chi connectivity index (χ1v) is 8.91. The van der Waals surface area contributed by atoms with Crippen LogP contribution >= 0.6 is 0 Å². The van der Waals surface area contributed by atoms with Gasteiger partial charge in [-0.05, 0) is 43.5 Å². The minimum absolute atomic E-state index is 0.0234. The lowest BCUT2D eigenvalue weighted by Crippen LogP contribution is -2.48. The van der Waals surface area contributed by atoms with Crippen molar-refractivity contribution < 1.29 is 14.3 Å². The maximum absolute atomic E-state index is 13.0. The van der Waals surface area contributed by atoms with Crippen LogP contribution in [0.15, 0.2) is 24.3 Å². The summed E-state index contributed by atoms with van der Waals surface area (Å²) in [6.45, 7) is 1.98. The Hall–Kier alpha value is -2.39. The van der Waals surface area contributed by atoms with Crippen LogP contribution in [0.1, 0.15) is 41.6 Å². The number of nitriles is 1. The number of likely N-dealkylation sites (tertiary alicyclic amines) is 2. The van der Waals surface area contributed by atoms with Crippen molar-refractivity contribution in [2.75, 3.05) is 19.7 Å². The van der Waals surface area contributed by atoms with Gasteiger partial charge in [-0.1, -0.05) is 0 Å². The summed E-state index contributed by atoms with van der Waals surface area (Å²) in [7, 11) is 0. The van der Waals surface area contributed by atoms with Gasteiger partial charge in [-0.2, -0.15) is 5.26 Å². The zero-order valence-electron chi connectivity index (χ0n) is 14.1. The minimum Gasteiger partial charge on any atom is -0.374 e. The smallest absolute Gasteiger partial charge is 0.254 e. The molecule has 0 N–H and O–H groups in total. The van der Waals surface area contributed by atoms with E-state index in [0.717, 1.165) is 25.8 Å². The molecule has 3 aliphatic rings. The van der Waals surface area contributed by atoms with Crippen LogP contribution < -0.4 is 0 Å². The molecule has 6 heteroatoms. The highest BCUT2D eigenvalue weighted by Gasteiger charge is 2.49. The molecule has 3 atom stereocenters. The average molecular weight is 339 g/mol. The zero-order valence-corrected chi connectivity index (χ0v) is 14.1. The average Bonchev–Trinajstić information content (AvgIpc) is 3.24. The van der Waals surface area contributed by atoms with Gasteiger partial charge in [0.15, 0.2) is 0 Å². The number of carbonyl (C=O) groups is 2. The second-order valence-electron chi connectivity index (χ2n) is 6.95. The quantitative estimate of drug-likeness (QED) is 0.819. The van der Waals surface area contributed by atoms with Crippen molar-refractivity contribution >= 4 is 11.8 Å². The number of fused-ring (bicyclic) bond motifs is 1. The largest absolute Gasteiger partial charge is 0.374 e. The standard InChI is InChI=1S/C19H21N3O3/c20-11-13-5-7-14(8-6-13)19(24)22-12-16(21-9-1-4-17(21)23)18-15(22)3-2-10-25-18/h5-8,15-16,18H,1-4,9-10,12H2/t15-,16-,18+/m0/s1. The Bertz CT molecular complexity index is 724. The Morgan fingerprint density at radius 3 is 2.68 bits per heavy atom. The van der Waals surface area contributed by atoms with E-state index in [4.69, 9.17) is 10.00 Å². The van der Waals surface area contributed by atoms with Crippen LogP contribution in [0.4, 0.5) is 0 Å². The summed E-state index contributed by atoms with van der Waals surface area (Å²) in [6.07, 6.45) is 3.23. The summed E-state index contributed by atoms with van der Waals surface area (Å²) in [4.78, 5) is 29.0. The first kappa shape index (κ1) is 16.1. The fourth-order valence-electron chi connectivity index (χ4n) is 4.31. The van der Waals surface area contributed by atoms with Gasteiger partial charge in [-0.3, -0.25) is 9.59 Å². The molecule has 0 aromatic heterocycles. The molecule has 1 aromatic rings. The molecule has 2 amide bonds. The highest BCUT2D eigenvalue weighted by atomic mass is 16.5. The molecule has 0 radical (unpaired) electrons. The number of carbonyl (C=O) groups excluding carboxylic acids is 2. The molecule has 0 bridgehead atoms. The molecule has 25 heavy (non-hydrogen) atoms. The Balaban J connectivity index is 1.59. The van der Waals surface area contributed by atoms with E-state index in [1.807, 2.05) is 9.80 Å². The highest BCUT2D eigenvalue weighted by molar-refractivity contribution is 5.95. The van der Waals surface area contributed by atoms with Crippen molar-refractivity contribution in [3.63, 3.8) is 0 Å². The normalized spacial score (nSPS) is 28.8. The predicted molar refractivity (Wildman–Crippen MR) is 89.7 cm³/mol. The van der Waals surface area contributed by atoms with E-state index in [1.54, 1.807) is 24.3 Å². The molecule has 0 spiro atoms. The lowest BCUT2D eigenvalue weighted by atomic mass is 10.00. The van der Waals surface area contributed by atoms with Gasteiger partial charge >= 0.3 is 0 Å². The monoisotopic (exact) mass is 339 g/mol. The summed E-state index contributed by atoms with van der Waals surface area (Å²) >= 11 is 0. The van der Waals surface area contributed by atoms with Gasteiger partial charge in [0.1, 0.15) is 0 Å². The van der Waals surface area contributed by atoms with Crippen molar-refractivity contribution in [2.45, 2.75) is 43.9 Å². The summed E-state index contributed by atoms with van der Waals surface area (Å²) in [5.41, 5.74) is 1.12. The number of amides is 2. The Kier molecular flexibility index (Phi) is 4.18. The van der Waals surface area contributed by atoms with Gasteiger partial charge in [-0.15, -0.1) is 0 Å². The number of hydrogen-bond donors (Lipinski definition) is 0. The maximum atomic E-state index is 13.0. The van der Waals surface area contributed by atoms with Gasteiger partial charge in [0, 0.05) is 31.7 Å². The summed E-state index contributed by atoms with van der Waals surface area (Å²) in [5, 5.41) is 8.91. The molecule has 0 saturated carbocycles. The number of benzene rings is 1. The fourth-order valence-corrected chi connectivity index (χ4v) is 4.31. The molecule has 4 rings (SSSR count). The van der Waals surface area contributed by atoms with Crippen molar-refractivity contribution in [3.8, 4) is 6.07 Å². The molecule has 3 heterocycles. The molecular formula is C19H21N3O3. The molecule has 6 nitrogen and oxygen atoms in total. The lowest BCUT2D eigenvalue weighted by molar-refractivity contribution is -0.132. The first-order valence-electron chi connectivity index (χ1n) is 8.91. The third-order valence-corrected chi connectivity index (χ3v) is 5.53. The lowest BCUT2D eigenvalue weighted by Gasteiger charge is -2.34. The van der Waals surface area contributed by atoms with Crippen LogP contribution in [0.3, 0.4) is 0 Å². The molecule has 130 valence electrons. The van der Waals surface area contributed by atoms with Gasteiger partial charge in [0.25, 0.3) is 5.91 Å². The van der Waals surface area contributed by atoms with Gasteiger partial charge in [0.05, 0.1) is 29.8 Å². The van der Waals surface area contributed by atoms with Crippen LogP contribution in [-0.2, 0) is 9.53 Å². The third kappa shape index (κ3) is 2.79. The SMILES string of the molecule is N#Cc1ccc(C(=O)N2C[C@H](N3CCCC3=O)[C@@H]3OCCC[C@@H]32)cc1. The second kappa shape index (κ2) is 6.49. The van der Waals surface area contributed by atoms with Gasteiger partial charge < -0.3 is 14.5 Å². The van der Waals surface area contributed by atoms with E-state index in [-0.39, 0.29) is 30.0 Å². The van der Waals surface area contributed by atoms with Gasteiger partial charge in [-0.25, -0.2) is 0 Å². The second-order valence-corrected chi connectivity index (χ2v) is 6.95. The Labute approximate surface area is 147 Å². The Morgan fingerprint density at radius 2 is 2.00 bits per heavy atom. The molecule has 3 saturated heterocycles. The molecule has 0 aliphatic carbocycles. The highest BCUT2D eigenvalue weighted by Crippen LogP contribution is 2.34. The molecule has 3 aliphatic heterocycles. The summed E-state index contributed by atoms with van der Waals surface area (Å²) < 4.78 is 6.00. The predicted octanol–water partition coefficient (Wildman–Crippen LogP) is 1.55. The third-order valence-electron chi connectivity index (χ3n) is 5.53. The van der Waals surface area contributed by atoms with Crippen molar-refractivity contribution in [3.05, 3.63) is 35.4 Å². The van der Waals surface area contributed by atoms with E-state index in [2.05, 4.69) is 6.07 Å². The Morgan fingerprint density at radius 1 is 1.20 bits per heavy atom. The summed E-state index contributed by atoms with van der Waals surface area (Å²) in [6, 6.07) is 8.79. The van der Waals surface area contributed by atoms with Crippen molar-refractivity contribution in [1.29, 1.82) is 5.26 Å². The van der Waals surface area contributed by atoms with Crippen LogP contribution in [0.5, 0.6) is 0 Å². The zero-order chi connectivity index (χ0) is 17.4. The number of hydrogen-bond acceptors (Lipinski definition) is 4. The van der Waals surface area contributed by atoms with Crippen LogP contribution in [0.2, 0.25) is 0 Å². The number of rotatable bonds is 2. The van der Waals surface area contributed by atoms with Crippen molar-refractivity contribution in [1.82, 2.24) is 9.80 Å². The van der Waals surface area contributed by atoms with Crippen LogP contribution in [0.25, 0.3) is 0 Å². The number of nitrogens with zero attached hydrogens (tertiary/aromatic N) is 3. The fraction of sp³-hybridized carbons (Fsp3) is 0.526. The number of ether oxygens (including phenoxy) is 1. The molecular weight excluding hydrogens is 318 g/mol. The van der Waals surface area contributed by atoms with Crippen molar-refractivity contribution in [2.24, 2.45) is 0 Å². The minimum atomic E-state index is -0.0851. The van der Waals surface area contributed by atoms with E-state index in [0.29, 0.717) is 30.7 Å². The van der Waals surface area contributed by atoms with E-state index < -0.39 is 0 Å². The maximum Gasteiger partial charge on any atom is 0.254 e. The van der Waals surface area contributed by atoms with E-state index in [1.165, 1.54) is 0 Å². The van der Waals surface area contributed by atoms with E-state index >= 15 is 0 Å². The van der Waals surface area contributed by atoms with E-state index in [9.17, 15) is 9.59 Å². The molecule has 0 unspecified atom stereocenters. The van der Waals surface area contributed by atoms with Crippen LogP contribution in [-0.4, -0.2) is 59.5 Å². The summed E-state index contributed by atoms with van der Waals surface area (Å²) in [5.74, 6) is 0.129. The molecule has 1 aromatic carbocycles. The first-order chi connectivity index (χ1) is 12.2. The molecule has 3 fully saturated rings.